The number of carbonyl (C=O) groups is 1. The Bertz CT molecular complexity index is 1210. The predicted octanol–water partition coefficient (Wildman–Crippen LogP) is 2.48. The van der Waals surface area contributed by atoms with Crippen molar-refractivity contribution in [3.05, 3.63) is 46.4 Å². The van der Waals surface area contributed by atoms with Crippen LogP contribution in [0.2, 0.25) is 0 Å². The highest BCUT2D eigenvalue weighted by molar-refractivity contribution is 7.99. The molecule has 0 bridgehead atoms. The molecule has 0 spiro atoms. The minimum atomic E-state index is -0.177. The zero-order chi connectivity index (χ0) is 22.4. The van der Waals surface area contributed by atoms with E-state index >= 15 is 0 Å². The summed E-state index contributed by atoms with van der Waals surface area (Å²) in [6, 6.07) is 8.07. The van der Waals surface area contributed by atoms with E-state index in [1.807, 2.05) is 43.1 Å². The third kappa shape index (κ3) is 3.73. The average molecular weight is 453 g/mol. The SMILES string of the molecule is Cc1ccc(-n2ncc3c(=O)n4c(nc32)SCC4CC(=O)N(C)C2CCN(C)CC2)cc1. The molecule has 1 unspecified atom stereocenters. The number of aromatic nitrogens is 4. The van der Waals surface area contributed by atoms with Crippen LogP contribution in [0.4, 0.5) is 0 Å². The Morgan fingerprint density at radius 1 is 1.22 bits per heavy atom. The summed E-state index contributed by atoms with van der Waals surface area (Å²) in [6.07, 6.45) is 3.90. The quantitative estimate of drug-likeness (QED) is 0.566. The Morgan fingerprint density at radius 2 is 1.94 bits per heavy atom. The number of likely N-dealkylation sites (tertiary alicyclic amines) is 1. The summed E-state index contributed by atoms with van der Waals surface area (Å²) in [5, 5.41) is 5.58. The molecule has 0 radical (unpaired) electrons. The highest BCUT2D eigenvalue weighted by atomic mass is 32.2. The fraction of sp³-hybridized carbons (Fsp3) is 0.478. The van der Waals surface area contributed by atoms with Crippen LogP contribution in [0.5, 0.6) is 0 Å². The minimum Gasteiger partial charge on any atom is -0.343 e. The fourth-order valence-corrected chi connectivity index (χ4v) is 5.72. The Balaban J connectivity index is 1.40. The van der Waals surface area contributed by atoms with Crippen LogP contribution in [-0.2, 0) is 4.79 Å². The van der Waals surface area contributed by atoms with Crippen molar-refractivity contribution in [1.29, 1.82) is 0 Å². The van der Waals surface area contributed by atoms with Crippen LogP contribution in [0.3, 0.4) is 0 Å². The molecule has 1 saturated heterocycles. The van der Waals surface area contributed by atoms with Crippen LogP contribution in [0.25, 0.3) is 16.7 Å². The van der Waals surface area contributed by atoms with E-state index in [9.17, 15) is 9.59 Å². The van der Waals surface area contributed by atoms with Gasteiger partial charge in [-0.2, -0.15) is 5.10 Å². The number of fused-ring (bicyclic) bond motifs is 2. The highest BCUT2D eigenvalue weighted by Crippen LogP contribution is 2.34. The average Bonchev–Trinajstić information content (AvgIpc) is 3.39. The van der Waals surface area contributed by atoms with Crippen molar-refractivity contribution in [3.8, 4) is 5.69 Å². The van der Waals surface area contributed by atoms with E-state index in [0.29, 0.717) is 28.4 Å². The second-order valence-corrected chi connectivity index (χ2v) is 9.89. The molecule has 2 aliphatic heterocycles. The van der Waals surface area contributed by atoms with Crippen LogP contribution in [0.15, 0.2) is 40.4 Å². The fourth-order valence-electron chi connectivity index (χ4n) is 4.59. The lowest BCUT2D eigenvalue weighted by Gasteiger charge is -2.35. The molecule has 2 aliphatic rings. The van der Waals surface area contributed by atoms with E-state index in [0.717, 1.165) is 37.2 Å². The highest BCUT2D eigenvalue weighted by Gasteiger charge is 2.32. The van der Waals surface area contributed by atoms with Crippen molar-refractivity contribution in [2.45, 2.75) is 43.4 Å². The van der Waals surface area contributed by atoms with Crippen LogP contribution < -0.4 is 5.56 Å². The van der Waals surface area contributed by atoms with E-state index in [-0.39, 0.29) is 23.6 Å². The zero-order valence-electron chi connectivity index (χ0n) is 18.7. The molecule has 0 aliphatic carbocycles. The molecule has 3 aromatic rings. The first-order chi connectivity index (χ1) is 15.4. The lowest BCUT2D eigenvalue weighted by atomic mass is 10.0. The predicted molar refractivity (Wildman–Crippen MR) is 126 cm³/mol. The van der Waals surface area contributed by atoms with Gasteiger partial charge in [-0.15, -0.1) is 0 Å². The Morgan fingerprint density at radius 3 is 2.66 bits per heavy atom. The smallest absolute Gasteiger partial charge is 0.265 e. The molecule has 1 aromatic carbocycles. The third-order valence-electron chi connectivity index (χ3n) is 6.69. The lowest BCUT2D eigenvalue weighted by molar-refractivity contribution is -0.133. The van der Waals surface area contributed by atoms with Crippen LogP contribution in [0, 0.1) is 6.92 Å². The zero-order valence-corrected chi connectivity index (χ0v) is 19.5. The Kier molecular flexibility index (Phi) is 5.54. The molecule has 0 saturated carbocycles. The molecule has 1 amide bonds. The summed E-state index contributed by atoms with van der Waals surface area (Å²) in [6.45, 7) is 4.05. The molecule has 4 heterocycles. The second-order valence-electron chi connectivity index (χ2n) is 8.91. The first-order valence-electron chi connectivity index (χ1n) is 11.1. The molecular weight excluding hydrogens is 424 g/mol. The summed E-state index contributed by atoms with van der Waals surface area (Å²) in [7, 11) is 4.02. The monoisotopic (exact) mass is 452 g/mol. The van der Waals surface area contributed by atoms with Crippen molar-refractivity contribution in [2.75, 3.05) is 32.9 Å². The van der Waals surface area contributed by atoms with Crippen molar-refractivity contribution < 1.29 is 4.79 Å². The van der Waals surface area contributed by atoms with E-state index in [2.05, 4.69) is 17.0 Å². The first kappa shape index (κ1) is 21.2. The number of rotatable bonds is 4. The molecule has 1 atom stereocenters. The van der Waals surface area contributed by atoms with Gasteiger partial charge in [-0.25, -0.2) is 9.67 Å². The summed E-state index contributed by atoms with van der Waals surface area (Å²) in [5.74, 6) is 0.778. The van der Waals surface area contributed by atoms with Crippen LogP contribution in [0.1, 0.15) is 30.9 Å². The van der Waals surface area contributed by atoms with E-state index in [1.54, 1.807) is 15.4 Å². The van der Waals surface area contributed by atoms with Gasteiger partial charge in [0, 0.05) is 25.3 Å². The van der Waals surface area contributed by atoms with Crippen molar-refractivity contribution in [3.63, 3.8) is 0 Å². The summed E-state index contributed by atoms with van der Waals surface area (Å²) < 4.78 is 3.42. The van der Waals surface area contributed by atoms with Gasteiger partial charge < -0.3 is 9.80 Å². The van der Waals surface area contributed by atoms with Gasteiger partial charge >= 0.3 is 0 Å². The van der Waals surface area contributed by atoms with Gasteiger partial charge in [-0.05, 0) is 52.0 Å². The number of carbonyl (C=O) groups excluding carboxylic acids is 1. The maximum Gasteiger partial charge on any atom is 0.265 e. The number of hydrogen-bond acceptors (Lipinski definition) is 6. The van der Waals surface area contributed by atoms with E-state index < -0.39 is 0 Å². The topological polar surface area (TPSA) is 76.3 Å². The van der Waals surface area contributed by atoms with Crippen LogP contribution in [-0.4, -0.2) is 74.0 Å². The van der Waals surface area contributed by atoms with Gasteiger partial charge in [0.2, 0.25) is 5.91 Å². The normalized spacial score (nSPS) is 19.4. The van der Waals surface area contributed by atoms with Gasteiger partial charge in [0.05, 0.1) is 17.9 Å². The van der Waals surface area contributed by atoms with Gasteiger partial charge in [0.15, 0.2) is 10.8 Å². The van der Waals surface area contributed by atoms with Gasteiger partial charge in [0.1, 0.15) is 5.39 Å². The lowest BCUT2D eigenvalue weighted by Crippen LogP contribution is -2.45. The number of amides is 1. The molecule has 8 nitrogen and oxygen atoms in total. The van der Waals surface area contributed by atoms with Gasteiger partial charge in [-0.1, -0.05) is 29.5 Å². The van der Waals surface area contributed by atoms with Crippen molar-refractivity contribution >= 4 is 28.7 Å². The molecule has 5 rings (SSSR count). The van der Waals surface area contributed by atoms with Crippen molar-refractivity contribution in [1.82, 2.24) is 29.1 Å². The number of benzene rings is 1. The maximum absolute atomic E-state index is 13.3. The largest absolute Gasteiger partial charge is 0.343 e. The van der Waals surface area contributed by atoms with Crippen molar-refractivity contribution in [2.24, 2.45) is 0 Å². The van der Waals surface area contributed by atoms with Gasteiger partial charge in [-0.3, -0.25) is 14.2 Å². The number of aryl methyl sites for hydroxylation is 1. The number of piperidine rings is 1. The van der Waals surface area contributed by atoms with E-state index in [4.69, 9.17) is 4.98 Å². The summed E-state index contributed by atoms with van der Waals surface area (Å²) >= 11 is 1.54. The summed E-state index contributed by atoms with van der Waals surface area (Å²) in [4.78, 5) is 35.3. The molecule has 1 fully saturated rings. The number of thioether (sulfide) groups is 1. The minimum absolute atomic E-state index is 0.0975. The Hall–Kier alpha value is -2.65. The summed E-state index contributed by atoms with van der Waals surface area (Å²) in [5.41, 5.74) is 2.48. The number of nitrogens with zero attached hydrogens (tertiary/aromatic N) is 6. The molecule has 0 N–H and O–H groups in total. The Labute approximate surface area is 191 Å². The molecule has 168 valence electrons. The maximum atomic E-state index is 13.3. The van der Waals surface area contributed by atoms with Crippen LogP contribution >= 0.6 is 11.8 Å². The first-order valence-corrected chi connectivity index (χ1v) is 12.0. The number of hydrogen-bond donors (Lipinski definition) is 0. The second kappa shape index (κ2) is 8.37. The van der Waals surface area contributed by atoms with Gasteiger partial charge in [0.25, 0.3) is 5.56 Å². The molecular formula is C23H28N6O2S. The standard InChI is InChI=1S/C23H28N6O2S/c1-15-4-6-17(7-5-15)29-21-19(13-24-29)22(31)28-18(14-32-23(28)25-21)12-20(30)27(3)16-8-10-26(2)11-9-16/h4-7,13,16,18H,8-12,14H2,1-3H3. The van der Waals surface area contributed by atoms with E-state index in [1.165, 1.54) is 11.8 Å². The third-order valence-corrected chi connectivity index (χ3v) is 7.79. The molecule has 9 heteroatoms. The molecule has 2 aromatic heterocycles. The molecule has 32 heavy (non-hydrogen) atoms.